The predicted molar refractivity (Wildman–Crippen MR) is 85.3 cm³/mol. The third-order valence-corrected chi connectivity index (χ3v) is 3.18. The Morgan fingerprint density at radius 3 is 2.60 bits per heavy atom. The summed E-state index contributed by atoms with van der Waals surface area (Å²) < 4.78 is 0. The molecule has 3 heteroatoms. The van der Waals surface area contributed by atoms with Crippen LogP contribution in [0.5, 0.6) is 0 Å². The monoisotopic (exact) mass is 269 g/mol. The molecule has 0 atom stereocenters. The molecule has 0 unspecified atom stereocenters. The van der Waals surface area contributed by atoms with Gasteiger partial charge in [0, 0.05) is 25.5 Å². The number of benzene rings is 1. The lowest BCUT2D eigenvalue weighted by molar-refractivity contribution is 0.552. The van der Waals surface area contributed by atoms with E-state index in [1.807, 2.05) is 31.4 Å². The smallest absolute Gasteiger partial charge is 0.132 e. The second-order valence-corrected chi connectivity index (χ2v) is 5.44. The molecule has 0 saturated carbocycles. The Kier molecular flexibility index (Phi) is 5.13. The normalized spacial score (nSPS) is 10.8. The van der Waals surface area contributed by atoms with Crippen LogP contribution in [-0.4, -0.2) is 18.6 Å². The van der Waals surface area contributed by atoms with Crippen molar-refractivity contribution in [2.75, 3.05) is 18.5 Å². The van der Waals surface area contributed by atoms with Gasteiger partial charge in [-0.25, -0.2) is 4.98 Å². The van der Waals surface area contributed by atoms with Gasteiger partial charge in [-0.3, -0.25) is 0 Å². The molecule has 0 aliphatic rings. The summed E-state index contributed by atoms with van der Waals surface area (Å²) in [4.78, 5) is 6.56. The topological polar surface area (TPSA) is 28.2 Å². The van der Waals surface area contributed by atoms with Crippen LogP contribution in [0.15, 0.2) is 48.7 Å². The third-order valence-electron chi connectivity index (χ3n) is 3.18. The van der Waals surface area contributed by atoms with E-state index < -0.39 is 0 Å². The van der Waals surface area contributed by atoms with E-state index in [4.69, 9.17) is 0 Å². The van der Waals surface area contributed by atoms with E-state index in [1.54, 1.807) is 0 Å². The van der Waals surface area contributed by atoms with E-state index in [9.17, 15) is 0 Å². The SMILES string of the molecule is CC(C)CNCc1ccnc(N(C)c2ccccc2)c1. The van der Waals surface area contributed by atoms with Crippen molar-refractivity contribution in [1.29, 1.82) is 0 Å². The molecule has 1 aromatic heterocycles. The lowest BCUT2D eigenvalue weighted by Gasteiger charge is -2.19. The largest absolute Gasteiger partial charge is 0.329 e. The van der Waals surface area contributed by atoms with Crippen LogP contribution in [-0.2, 0) is 6.54 Å². The van der Waals surface area contributed by atoms with Crippen LogP contribution in [0.1, 0.15) is 19.4 Å². The highest BCUT2D eigenvalue weighted by Crippen LogP contribution is 2.21. The zero-order chi connectivity index (χ0) is 14.4. The molecule has 106 valence electrons. The van der Waals surface area contributed by atoms with Crippen LogP contribution in [0.3, 0.4) is 0 Å². The standard InChI is InChI=1S/C17H23N3/c1-14(2)12-18-13-15-9-10-19-17(11-15)20(3)16-7-5-4-6-8-16/h4-11,14,18H,12-13H2,1-3H3. The van der Waals surface area contributed by atoms with Crippen molar-refractivity contribution in [3.05, 3.63) is 54.2 Å². The predicted octanol–water partition coefficient (Wildman–Crippen LogP) is 3.60. The van der Waals surface area contributed by atoms with Gasteiger partial charge in [0.25, 0.3) is 0 Å². The van der Waals surface area contributed by atoms with Gasteiger partial charge in [-0.05, 0) is 42.3 Å². The Labute approximate surface area is 121 Å². The Bertz CT molecular complexity index is 523. The highest BCUT2D eigenvalue weighted by Gasteiger charge is 2.05. The van der Waals surface area contributed by atoms with Gasteiger partial charge in [0.2, 0.25) is 0 Å². The molecule has 0 bridgehead atoms. The first kappa shape index (κ1) is 14.5. The van der Waals surface area contributed by atoms with Crippen molar-refractivity contribution in [2.45, 2.75) is 20.4 Å². The molecular formula is C17H23N3. The average molecular weight is 269 g/mol. The Morgan fingerprint density at radius 2 is 1.90 bits per heavy atom. The summed E-state index contributed by atoms with van der Waals surface area (Å²) in [5, 5.41) is 3.46. The van der Waals surface area contributed by atoms with Crippen LogP contribution < -0.4 is 10.2 Å². The van der Waals surface area contributed by atoms with E-state index in [-0.39, 0.29) is 0 Å². The highest BCUT2D eigenvalue weighted by atomic mass is 15.2. The summed E-state index contributed by atoms with van der Waals surface area (Å²) in [5.41, 5.74) is 2.41. The summed E-state index contributed by atoms with van der Waals surface area (Å²) in [7, 11) is 2.04. The average Bonchev–Trinajstić information content (AvgIpc) is 2.47. The lowest BCUT2D eigenvalue weighted by Crippen LogP contribution is -2.19. The van der Waals surface area contributed by atoms with Crippen LogP contribution in [0.4, 0.5) is 11.5 Å². The van der Waals surface area contributed by atoms with Gasteiger partial charge in [0.05, 0.1) is 0 Å². The van der Waals surface area contributed by atoms with Gasteiger partial charge in [-0.15, -0.1) is 0 Å². The van der Waals surface area contributed by atoms with Crippen LogP contribution in [0, 0.1) is 5.92 Å². The first-order chi connectivity index (χ1) is 9.66. The van der Waals surface area contributed by atoms with Gasteiger partial charge < -0.3 is 10.2 Å². The molecule has 1 N–H and O–H groups in total. The summed E-state index contributed by atoms with van der Waals surface area (Å²) in [6.07, 6.45) is 1.88. The first-order valence-corrected chi connectivity index (χ1v) is 7.11. The van der Waals surface area contributed by atoms with Crippen LogP contribution >= 0.6 is 0 Å². The third kappa shape index (κ3) is 4.07. The Hall–Kier alpha value is -1.87. The number of rotatable bonds is 6. The molecule has 0 spiro atoms. The number of hydrogen-bond acceptors (Lipinski definition) is 3. The second-order valence-electron chi connectivity index (χ2n) is 5.44. The van der Waals surface area contributed by atoms with Gasteiger partial charge in [0.1, 0.15) is 5.82 Å². The molecule has 2 rings (SSSR count). The van der Waals surface area contributed by atoms with Gasteiger partial charge in [-0.1, -0.05) is 32.0 Å². The maximum Gasteiger partial charge on any atom is 0.132 e. The zero-order valence-electron chi connectivity index (χ0n) is 12.5. The molecule has 0 radical (unpaired) electrons. The van der Waals surface area contributed by atoms with Crippen molar-refractivity contribution >= 4 is 11.5 Å². The molecule has 0 aliphatic heterocycles. The van der Waals surface area contributed by atoms with Gasteiger partial charge >= 0.3 is 0 Å². The molecule has 0 fully saturated rings. The molecule has 1 heterocycles. The van der Waals surface area contributed by atoms with Crippen molar-refractivity contribution < 1.29 is 0 Å². The van der Waals surface area contributed by atoms with Crippen molar-refractivity contribution in [1.82, 2.24) is 10.3 Å². The zero-order valence-corrected chi connectivity index (χ0v) is 12.5. The van der Waals surface area contributed by atoms with Crippen molar-refractivity contribution in [3.8, 4) is 0 Å². The minimum Gasteiger partial charge on any atom is -0.329 e. The van der Waals surface area contributed by atoms with E-state index in [2.05, 4.69) is 53.3 Å². The number of nitrogens with zero attached hydrogens (tertiary/aromatic N) is 2. The van der Waals surface area contributed by atoms with Crippen LogP contribution in [0.2, 0.25) is 0 Å². The number of anilines is 2. The van der Waals surface area contributed by atoms with E-state index in [0.717, 1.165) is 24.6 Å². The molecule has 0 amide bonds. The molecule has 1 aromatic carbocycles. The maximum atomic E-state index is 4.46. The lowest BCUT2D eigenvalue weighted by atomic mass is 10.2. The van der Waals surface area contributed by atoms with E-state index in [0.29, 0.717) is 5.92 Å². The molecule has 2 aromatic rings. The summed E-state index contributed by atoms with van der Waals surface area (Å²) in [5.74, 6) is 1.64. The summed E-state index contributed by atoms with van der Waals surface area (Å²) >= 11 is 0. The van der Waals surface area contributed by atoms with Gasteiger partial charge in [-0.2, -0.15) is 0 Å². The first-order valence-electron chi connectivity index (χ1n) is 7.11. The Balaban J connectivity index is 2.05. The number of hydrogen-bond donors (Lipinski definition) is 1. The fraction of sp³-hybridized carbons (Fsp3) is 0.353. The molecule has 0 saturated heterocycles. The highest BCUT2D eigenvalue weighted by molar-refractivity contribution is 5.59. The summed E-state index contributed by atoms with van der Waals surface area (Å²) in [6, 6.07) is 14.5. The van der Waals surface area contributed by atoms with Crippen molar-refractivity contribution in [3.63, 3.8) is 0 Å². The quantitative estimate of drug-likeness (QED) is 0.868. The number of para-hydroxylation sites is 1. The minimum absolute atomic E-state index is 0.670. The Morgan fingerprint density at radius 1 is 1.15 bits per heavy atom. The fourth-order valence-corrected chi connectivity index (χ4v) is 2.04. The van der Waals surface area contributed by atoms with E-state index in [1.165, 1.54) is 5.56 Å². The number of pyridine rings is 1. The minimum atomic E-state index is 0.670. The number of aromatic nitrogens is 1. The molecule has 3 nitrogen and oxygen atoms in total. The second kappa shape index (κ2) is 7.06. The van der Waals surface area contributed by atoms with Crippen LogP contribution in [0.25, 0.3) is 0 Å². The molecular weight excluding hydrogens is 246 g/mol. The van der Waals surface area contributed by atoms with Gasteiger partial charge in [0.15, 0.2) is 0 Å². The molecule has 0 aliphatic carbocycles. The maximum absolute atomic E-state index is 4.46. The number of nitrogens with one attached hydrogen (secondary N) is 1. The fourth-order valence-electron chi connectivity index (χ4n) is 2.04. The van der Waals surface area contributed by atoms with Crippen molar-refractivity contribution in [2.24, 2.45) is 5.92 Å². The van der Waals surface area contributed by atoms with E-state index >= 15 is 0 Å². The molecule has 20 heavy (non-hydrogen) atoms. The summed E-state index contributed by atoms with van der Waals surface area (Å²) in [6.45, 7) is 6.35.